The molecule has 25 heavy (non-hydrogen) atoms. The van der Waals surface area contributed by atoms with Gasteiger partial charge in [0, 0.05) is 22.2 Å². The molecule has 4 nitrogen and oxygen atoms in total. The quantitative estimate of drug-likeness (QED) is 0.480. The maximum atomic E-state index is 6.24. The SMILES string of the molecule is CC[n+]1cn(Cn2c[n+](CC)c3ccc(Cl)cc32)c2cc(Cl)ccc21. The molecule has 0 spiro atoms. The molecule has 0 aliphatic heterocycles. The summed E-state index contributed by atoms with van der Waals surface area (Å²) in [4.78, 5) is 0. The third-order valence-electron chi connectivity index (χ3n) is 4.66. The zero-order valence-corrected chi connectivity index (χ0v) is 15.8. The summed E-state index contributed by atoms with van der Waals surface area (Å²) in [7, 11) is 0. The average Bonchev–Trinajstić information content (AvgIpc) is 3.13. The van der Waals surface area contributed by atoms with Crippen LogP contribution >= 0.6 is 23.2 Å². The molecule has 6 heteroatoms. The molecule has 0 radical (unpaired) electrons. The minimum atomic E-state index is 0.702. The number of benzene rings is 2. The van der Waals surface area contributed by atoms with E-state index in [4.69, 9.17) is 23.2 Å². The Bertz CT molecular complexity index is 992. The van der Waals surface area contributed by atoms with Crippen molar-refractivity contribution in [3.05, 3.63) is 59.1 Å². The smallest absolute Gasteiger partial charge is 0.230 e. The molecule has 0 fully saturated rings. The van der Waals surface area contributed by atoms with E-state index in [0.717, 1.165) is 34.2 Å². The van der Waals surface area contributed by atoms with Gasteiger partial charge in [0.15, 0.2) is 22.1 Å². The first-order chi connectivity index (χ1) is 12.1. The van der Waals surface area contributed by atoms with E-state index in [1.807, 2.05) is 24.3 Å². The molecule has 2 heterocycles. The number of halogens is 2. The highest BCUT2D eigenvalue weighted by atomic mass is 35.5. The Morgan fingerprint density at radius 2 is 1.20 bits per heavy atom. The number of nitrogens with zero attached hydrogens (tertiary/aromatic N) is 4. The fraction of sp³-hybridized carbons (Fsp3) is 0.263. The third kappa shape index (κ3) is 2.79. The average molecular weight is 375 g/mol. The molecule has 0 N–H and O–H groups in total. The number of hydrogen-bond donors (Lipinski definition) is 0. The molecule has 4 aromatic rings. The van der Waals surface area contributed by atoms with Gasteiger partial charge in [0.05, 0.1) is 13.1 Å². The first-order valence-electron chi connectivity index (χ1n) is 8.46. The van der Waals surface area contributed by atoms with Crippen molar-refractivity contribution in [2.24, 2.45) is 0 Å². The molecule has 128 valence electrons. The summed E-state index contributed by atoms with van der Waals surface area (Å²) in [5.74, 6) is 0. The maximum Gasteiger partial charge on any atom is 0.247 e. The minimum Gasteiger partial charge on any atom is -0.230 e. The second kappa shape index (κ2) is 6.36. The van der Waals surface area contributed by atoms with Gasteiger partial charge in [0.25, 0.3) is 0 Å². The number of rotatable bonds is 4. The Balaban J connectivity index is 1.88. The van der Waals surface area contributed by atoms with Gasteiger partial charge in [-0.25, -0.2) is 9.13 Å². The van der Waals surface area contributed by atoms with E-state index in [2.05, 4.69) is 56.9 Å². The fourth-order valence-electron chi connectivity index (χ4n) is 3.42. The lowest BCUT2D eigenvalue weighted by atomic mass is 10.3. The van der Waals surface area contributed by atoms with Crippen molar-refractivity contribution >= 4 is 45.3 Å². The molecule has 0 bridgehead atoms. The standard InChI is InChI=1S/C19H20Cl2N4/c1-3-22-11-24(18-9-14(20)5-7-16(18)22)13-25-12-23(4-2)17-8-6-15(21)10-19(17)25/h5-12H,3-4,13H2,1-2H3/q+2. The van der Waals surface area contributed by atoms with Gasteiger partial charge < -0.3 is 0 Å². The molecule has 4 rings (SSSR count). The van der Waals surface area contributed by atoms with Crippen LogP contribution in [0.25, 0.3) is 22.1 Å². The van der Waals surface area contributed by atoms with Crippen LogP contribution in [-0.2, 0) is 19.8 Å². The van der Waals surface area contributed by atoms with Crippen molar-refractivity contribution in [2.75, 3.05) is 0 Å². The number of imidazole rings is 2. The van der Waals surface area contributed by atoms with Crippen LogP contribution in [0.5, 0.6) is 0 Å². The summed E-state index contributed by atoms with van der Waals surface area (Å²) in [5.41, 5.74) is 4.62. The van der Waals surface area contributed by atoms with Crippen molar-refractivity contribution in [2.45, 2.75) is 33.6 Å². The van der Waals surface area contributed by atoms with E-state index < -0.39 is 0 Å². The van der Waals surface area contributed by atoms with Gasteiger partial charge in [-0.05, 0) is 38.1 Å². The number of fused-ring (bicyclic) bond motifs is 2. The summed E-state index contributed by atoms with van der Waals surface area (Å²) in [6.45, 7) is 6.83. The second-order valence-corrected chi connectivity index (χ2v) is 7.02. The van der Waals surface area contributed by atoms with Gasteiger partial charge >= 0.3 is 0 Å². The fourth-order valence-corrected chi connectivity index (χ4v) is 3.75. The van der Waals surface area contributed by atoms with Crippen LogP contribution in [-0.4, -0.2) is 9.13 Å². The Labute approximate surface area is 156 Å². The predicted molar refractivity (Wildman–Crippen MR) is 101 cm³/mol. The molecule has 0 saturated carbocycles. The van der Waals surface area contributed by atoms with E-state index >= 15 is 0 Å². The van der Waals surface area contributed by atoms with Crippen molar-refractivity contribution in [1.82, 2.24) is 9.13 Å². The van der Waals surface area contributed by atoms with E-state index in [9.17, 15) is 0 Å². The predicted octanol–water partition coefficient (Wildman–Crippen LogP) is 4.02. The van der Waals surface area contributed by atoms with Gasteiger partial charge in [0.1, 0.15) is 0 Å². The van der Waals surface area contributed by atoms with Crippen LogP contribution in [0.1, 0.15) is 13.8 Å². The van der Waals surface area contributed by atoms with Crippen molar-refractivity contribution in [3.8, 4) is 0 Å². The Kier molecular flexibility index (Phi) is 4.18. The Morgan fingerprint density at radius 3 is 1.60 bits per heavy atom. The van der Waals surface area contributed by atoms with Crippen LogP contribution in [0.2, 0.25) is 10.0 Å². The third-order valence-corrected chi connectivity index (χ3v) is 5.13. The molecule has 0 unspecified atom stereocenters. The lowest BCUT2D eigenvalue weighted by Crippen LogP contribution is -2.31. The highest BCUT2D eigenvalue weighted by molar-refractivity contribution is 6.31. The summed E-state index contributed by atoms with van der Waals surface area (Å²) in [6, 6.07) is 12.1. The largest absolute Gasteiger partial charge is 0.247 e. The molecule has 0 amide bonds. The molecule has 0 saturated heterocycles. The minimum absolute atomic E-state index is 0.702. The molecular formula is C19H20Cl2N4+2. The van der Waals surface area contributed by atoms with Crippen molar-refractivity contribution in [3.63, 3.8) is 0 Å². The maximum absolute atomic E-state index is 6.24. The van der Waals surface area contributed by atoms with E-state index in [-0.39, 0.29) is 0 Å². The van der Waals surface area contributed by atoms with Crippen LogP contribution in [0.4, 0.5) is 0 Å². The van der Waals surface area contributed by atoms with Crippen molar-refractivity contribution in [1.29, 1.82) is 0 Å². The molecule has 2 aromatic carbocycles. The number of aryl methyl sites for hydroxylation is 2. The van der Waals surface area contributed by atoms with Gasteiger partial charge in [-0.2, -0.15) is 9.13 Å². The molecule has 0 aliphatic rings. The lowest BCUT2D eigenvalue weighted by Gasteiger charge is -1.97. The summed E-state index contributed by atoms with van der Waals surface area (Å²) < 4.78 is 8.92. The summed E-state index contributed by atoms with van der Waals surface area (Å²) in [5, 5.41) is 1.50. The number of aromatic nitrogens is 4. The van der Waals surface area contributed by atoms with Crippen molar-refractivity contribution < 1.29 is 9.13 Å². The van der Waals surface area contributed by atoms with Gasteiger partial charge in [-0.1, -0.05) is 23.2 Å². The Morgan fingerprint density at radius 1 is 0.760 bits per heavy atom. The van der Waals surface area contributed by atoms with E-state index in [1.165, 1.54) is 11.0 Å². The van der Waals surface area contributed by atoms with E-state index in [1.54, 1.807) is 0 Å². The molecule has 0 aliphatic carbocycles. The highest BCUT2D eigenvalue weighted by Crippen LogP contribution is 2.20. The lowest BCUT2D eigenvalue weighted by molar-refractivity contribution is -0.669. The number of hydrogen-bond acceptors (Lipinski definition) is 0. The normalized spacial score (nSPS) is 11.7. The zero-order valence-electron chi connectivity index (χ0n) is 14.3. The van der Waals surface area contributed by atoms with Gasteiger partial charge in [-0.3, -0.25) is 0 Å². The van der Waals surface area contributed by atoms with Gasteiger partial charge in [0.2, 0.25) is 19.3 Å². The second-order valence-electron chi connectivity index (χ2n) is 6.15. The zero-order chi connectivity index (χ0) is 17.6. The molecular weight excluding hydrogens is 355 g/mol. The van der Waals surface area contributed by atoms with E-state index in [0.29, 0.717) is 6.67 Å². The topological polar surface area (TPSA) is 17.6 Å². The van der Waals surface area contributed by atoms with Crippen LogP contribution in [0, 0.1) is 0 Å². The first kappa shape index (κ1) is 16.4. The van der Waals surface area contributed by atoms with Gasteiger partial charge in [-0.15, -0.1) is 0 Å². The Hall–Kier alpha value is -2.04. The molecule has 2 aromatic heterocycles. The first-order valence-corrected chi connectivity index (χ1v) is 9.22. The highest BCUT2D eigenvalue weighted by Gasteiger charge is 2.21. The summed E-state index contributed by atoms with van der Waals surface area (Å²) >= 11 is 12.5. The van der Waals surface area contributed by atoms with Crippen LogP contribution in [0.3, 0.4) is 0 Å². The van der Waals surface area contributed by atoms with Crippen LogP contribution < -0.4 is 9.13 Å². The monoisotopic (exact) mass is 374 g/mol. The van der Waals surface area contributed by atoms with Crippen LogP contribution in [0.15, 0.2) is 49.1 Å². The summed E-state index contributed by atoms with van der Waals surface area (Å²) in [6.07, 6.45) is 4.29. The molecule has 0 atom stereocenters.